The van der Waals surface area contributed by atoms with Crippen molar-refractivity contribution in [3.63, 3.8) is 0 Å². The van der Waals surface area contributed by atoms with Crippen LogP contribution in [0.3, 0.4) is 0 Å². The third-order valence-corrected chi connectivity index (χ3v) is 3.66. The van der Waals surface area contributed by atoms with Crippen LogP contribution in [0.2, 0.25) is 0 Å². The molecule has 19 heavy (non-hydrogen) atoms. The van der Waals surface area contributed by atoms with Gasteiger partial charge in [-0.15, -0.1) is 0 Å². The number of nitrogens with zero attached hydrogens (tertiary/aromatic N) is 1. The van der Waals surface area contributed by atoms with E-state index in [1.54, 1.807) is 0 Å². The average molecular weight is 264 g/mol. The molecule has 0 radical (unpaired) electrons. The standard InChI is InChI=1S/C15H24N2O2/c1-17(9-12-5-4-8-19-11-12)10-15(18)13-6-2-3-7-14(13)16/h2-3,6-7,12,15,18H,4-5,8-11,16H2,1H3. The van der Waals surface area contributed by atoms with Gasteiger partial charge in [-0.2, -0.15) is 0 Å². The van der Waals surface area contributed by atoms with Crippen molar-refractivity contribution < 1.29 is 9.84 Å². The molecule has 1 aliphatic rings. The highest BCUT2D eigenvalue weighted by Crippen LogP contribution is 2.21. The van der Waals surface area contributed by atoms with Crippen LogP contribution in [-0.4, -0.2) is 43.4 Å². The first-order chi connectivity index (χ1) is 9.16. The van der Waals surface area contributed by atoms with Gasteiger partial charge >= 0.3 is 0 Å². The minimum Gasteiger partial charge on any atom is -0.398 e. The first kappa shape index (κ1) is 14.3. The second-order valence-electron chi connectivity index (χ2n) is 5.45. The average Bonchev–Trinajstić information content (AvgIpc) is 2.40. The quantitative estimate of drug-likeness (QED) is 0.794. The van der Waals surface area contributed by atoms with Crippen LogP contribution in [0.4, 0.5) is 5.69 Å². The lowest BCUT2D eigenvalue weighted by atomic mass is 10.0. The molecule has 1 heterocycles. The van der Waals surface area contributed by atoms with E-state index in [1.165, 1.54) is 6.42 Å². The van der Waals surface area contributed by atoms with E-state index >= 15 is 0 Å². The number of aliphatic hydroxyl groups is 1. The Bertz CT molecular complexity index is 391. The monoisotopic (exact) mass is 264 g/mol. The smallest absolute Gasteiger partial charge is 0.0936 e. The summed E-state index contributed by atoms with van der Waals surface area (Å²) in [6.07, 6.45) is 1.83. The molecule has 2 unspecified atom stereocenters. The number of hydrogen-bond acceptors (Lipinski definition) is 4. The van der Waals surface area contributed by atoms with E-state index in [9.17, 15) is 5.11 Å². The molecule has 3 N–H and O–H groups in total. The zero-order valence-electron chi connectivity index (χ0n) is 11.6. The maximum Gasteiger partial charge on any atom is 0.0936 e. The zero-order valence-corrected chi connectivity index (χ0v) is 11.6. The molecule has 2 atom stereocenters. The molecule has 4 heteroatoms. The van der Waals surface area contributed by atoms with E-state index in [2.05, 4.69) is 4.90 Å². The lowest BCUT2D eigenvalue weighted by Crippen LogP contribution is -2.33. The number of rotatable bonds is 5. The second-order valence-corrected chi connectivity index (χ2v) is 5.45. The van der Waals surface area contributed by atoms with E-state index in [0.29, 0.717) is 18.2 Å². The largest absolute Gasteiger partial charge is 0.398 e. The number of para-hydroxylation sites is 1. The molecule has 0 aromatic heterocycles. The Morgan fingerprint density at radius 1 is 1.47 bits per heavy atom. The molecule has 1 aliphatic heterocycles. The van der Waals surface area contributed by atoms with Gasteiger partial charge < -0.3 is 20.5 Å². The normalized spacial score (nSPS) is 21.5. The third-order valence-electron chi connectivity index (χ3n) is 3.66. The summed E-state index contributed by atoms with van der Waals surface area (Å²) in [5.74, 6) is 0.582. The van der Waals surface area contributed by atoms with Gasteiger partial charge in [0.15, 0.2) is 0 Å². The number of aliphatic hydroxyl groups excluding tert-OH is 1. The van der Waals surface area contributed by atoms with Crippen LogP contribution >= 0.6 is 0 Å². The highest BCUT2D eigenvalue weighted by molar-refractivity contribution is 5.47. The molecule has 1 saturated heterocycles. The fraction of sp³-hybridized carbons (Fsp3) is 0.600. The van der Waals surface area contributed by atoms with Gasteiger partial charge in [-0.25, -0.2) is 0 Å². The molecule has 4 nitrogen and oxygen atoms in total. The fourth-order valence-electron chi connectivity index (χ4n) is 2.67. The first-order valence-corrected chi connectivity index (χ1v) is 6.95. The number of hydrogen-bond donors (Lipinski definition) is 2. The number of nitrogens with two attached hydrogens (primary N) is 1. The first-order valence-electron chi connectivity index (χ1n) is 6.95. The van der Waals surface area contributed by atoms with Crippen molar-refractivity contribution in [2.75, 3.05) is 39.1 Å². The number of ether oxygens (including phenoxy) is 1. The predicted octanol–water partition coefficient (Wildman–Crippen LogP) is 1.66. The Hall–Kier alpha value is -1.10. The molecule has 106 valence electrons. The summed E-state index contributed by atoms with van der Waals surface area (Å²) in [6, 6.07) is 7.50. The van der Waals surface area contributed by atoms with Gasteiger partial charge in [-0.1, -0.05) is 18.2 Å². The summed E-state index contributed by atoms with van der Waals surface area (Å²) >= 11 is 0. The van der Waals surface area contributed by atoms with Gasteiger partial charge in [-0.05, 0) is 31.9 Å². The van der Waals surface area contributed by atoms with Crippen LogP contribution in [0.25, 0.3) is 0 Å². The SMILES string of the molecule is CN(CC1CCCOC1)CC(O)c1ccccc1N. The lowest BCUT2D eigenvalue weighted by molar-refractivity contribution is 0.0343. The number of likely N-dealkylation sites (N-methyl/N-ethyl adjacent to an activating group) is 1. The lowest BCUT2D eigenvalue weighted by Gasteiger charge is -2.28. The van der Waals surface area contributed by atoms with Crippen molar-refractivity contribution in [2.24, 2.45) is 5.92 Å². The summed E-state index contributed by atoms with van der Waals surface area (Å²) in [5.41, 5.74) is 7.35. The minimum absolute atomic E-state index is 0.532. The van der Waals surface area contributed by atoms with Crippen LogP contribution in [0.15, 0.2) is 24.3 Å². The number of anilines is 1. The van der Waals surface area contributed by atoms with Gasteiger partial charge in [0.05, 0.1) is 12.7 Å². The Labute approximate surface area is 115 Å². The highest BCUT2D eigenvalue weighted by Gasteiger charge is 2.18. The van der Waals surface area contributed by atoms with Crippen LogP contribution in [0.5, 0.6) is 0 Å². The van der Waals surface area contributed by atoms with E-state index in [1.807, 2.05) is 31.3 Å². The number of nitrogen functional groups attached to an aromatic ring is 1. The number of benzene rings is 1. The molecular formula is C15H24N2O2. The molecule has 0 spiro atoms. The summed E-state index contributed by atoms with van der Waals surface area (Å²) in [5, 5.41) is 10.2. The predicted molar refractivity (Wildman–Crippen MR) is 76.9 cm³/mol. The summed E-state index contributed by atoms with van der Waals surface area (Å²) < 4.78 is 5.48. The van der Waals surface area contributed by atoms with Crippen LogP contribution < -0.4 is 5.73 Å². The topological polar surface area (TPSA) is 58.7 Å². The summed E-state index contributed by atoms with van der Waals surface area (Å²) in [6.45, 7) is 3.30. The summed E-state index contributed by atoms with van der Waals surface area (Å²) in [4.78, 5) is 2.16. The Balaban J connectivity index is 1.84. The third kappa shape index (κ3) is 4.20. The molecule has 2 rings (SSSR count). The highest BCUT2D eigenvalue weighted by atomic mass is 16.5. The van der Waals surface area contributed by atoms with Crippen LogP contribution in [0, 0.1) is 5.92 Å². The molecule has 1 fully saturated rings. The van der Waals surface area contributed by atoms with Gasteiger partial charge in [0, 0.05) is 30.9 Å². The fourth-order valence-corrected chi connectivity index (χ4v) is 2.67. The molecule has 0 aliphatic carbocycles. The molecule has 0 amide bonds. The van der Waals surface area contributed by atoms with E-state index in [-0.39, 0.29) is 0 Å². The molecule has 0 saturated carbocycles. The maximum absolute atomic E-state index is 10.2. The Morgan fingerprint density at radius 2 is 2.26 bits per heavy atom. The van der Waals surface area contributed by atoms with Crippen molar-refractivity contribution in [1.82, 2.24) is 4.90 Å². The van der Waals surface area contributed by atoms with Gasteiger partial charge in [-0.3, -0.25) is 0 Å². The van der Waals surface area contributed by atoms with Crippen molar-refractivity contribution in [2.45, 2.75) is 18.9 Å². The second kappa shape index (κ2) is 6.89. The van der Waals surface area contributed by atoms with Crippen molar-refractivity contribution in [3.8, 4) is 0 Å². The molecule has 0 bridgehead atoms. The van der Waals surface area contributed by atoms with Crippen LogP contribution in [-0.2, 0) is 4.74 Å². The molecular weight excluding hydrogens is 240 g/mol. The van der Waals surface area contributed by atoms with Gasteiger partial charge in [0.2, 0.25) is 0 Å². The van der Waals surface area contributed by atoms with E-state index in [4.69, 9.17) is 10.5 Å². The maximum atomic E-state index is 10.2. The Morgan fingerprint density at radius 3 is 2.95 bits per heavy atom. The van der Waals surface area contributed by atoms with Crippen LogP contribution in [0.1, 0.15) is 24.5 Å². The van der Waals surface area contributed by atoms with Gasteiger partial charge in [0.25, 0.3) is 0 Å². The van der Waals surface area contributed by atoms with Gasteiger partial charge in [0.1, 0.15) is 0 Å². The van der Waals surface area contributed by atoms with Crippen molar-refractivity contribution in [1.29, 1.82) is 0 Å². The van der Waals surface area contributed by atoms with E-state index in [0.717, 1.165) is 31.7 Å². The Kier molecular flexibility index (Phi) is 5.19. The molecule has 1 aromatic rings. The molecule has 1 aromatic carbocycles. The zero-order chi connectivity index (χ0) is 13.7. The van der Waals surface area contributed by atoms with Crippen molar-refractivity contribution >= 4 is 5.69 Å². The van der Waals surface area contributed by atoms with E-state index < -0.39 is 6.10 Å². The summed E-state index contributed by atoms with van der Waals surface area (Å²) in [7, 11) is 2.04. The van der Waals surface area contributed by atoms with Crippen molar-refractivity contribution in [3.05, 3.63) is 29.8 Å². The minimum atomic E-state index is -0.532.